The number of hydrogen-bond acceptors (Lipinski definition) is 3. The molecule has 1 aliphatic heterocycles. The van der Waals surface area contributed by atoms with Gasteiger partial charge in [-0.3, -0.25) is 15.7 Å². The van der Waals surface area contributed by atoms with Gasteiger partial charge in [-0.1, -0.05) is 18.2 Å². The van der Waals surface area contributed by atoms with Gasteiger partial charge in [0.2, 0.25) is 5.71 Å². The number of nitrogens with one attached hydrogen (secondary N) is 1. The number of hydrazone groups is 1. The summed E-state index contributed by atoms with van der Waals surface area (Å²) >= 11 is 0. The molecule has 19 heavy (non-hydrogen) atoms. The summed E-state index contributed by atoms with van der Waals surface area (Å²) in [6, 6.07) is 11.6. The smallest absolute Gasteiger partial charge is 0.285 e. The Labute approximate surface area is 113 Å². The van der Waals surface area contributed by atoms with Crippen LogP contribution in [0.3, 0.4) is 0 Å². The quantitative estimate of drug-likeness (QED) is 0.372. The van der Waals surface area contributed by atoms with Crippen LogP contribution in [0.5, 0.6) is 0 Å². The number of para-hydroxylation sites is 1. The summed E-state index contributed by atoms with van der Waals surface area (Å²) in [4.78, 5) is 0. The summed E-state index contributed by atoms with van der Waals surface area (Å²) < 4.78 is 2.03. The normalized spacial score (nSPS) is 15.7. The molecule has 0 bridgehead atoms. The van der Waals surface area contributed by atoms with Crippen molar-refractivity contribution in [3.63, 3.8) is 0 Å². The maximum absolute atomic E-state index is 9.16. The van der Waals surface area contributed by atoms with E-state index in [1.165, 1.54) is 6.42 Å². The highest BCUT2D eigenvalue weighted by Gasteiger charge is 2.18. The third-order valence-electron chi connectivity index (χ3n) is 3.12. The second-order valence-electron chi connectivity index (χ2n) is 4.48. The van der Waals surface area contributed by atoms with E-state index < -0.39 is 0 Å². The highest BCUT2D eigenvalue weighted by atomic mass is 15.3. The van der Waals surface area contributed by atoms with Gasteiger partial charge in [0.1, 0.15) is 6.07 Å². The van der Waals surface area contributed by atoms with Crippen molar-refractivity contribution in [2.24, 2.45) is 10.8 Å². The summed E-state index contributed by atoms with van der Waals surface area (Å²) in [7, 11) is 0. The highest BCUT2D eigenvalue weighted by molar-refractivity contribution is 6.45. The topological polar surface area (TPSA) is 77.2 Å². The summed E-state index contributed by atoms with van der Waals surface area (Å²) in [5.74, 6) is 0.464. The van der Waals surface area contributed by atoms with Crippen LogP contribution < -0.4 is 11.2 Å². The number of nitrogens with two attached hydrogens (primary N) is 1. The number of nitriles is 1. The van der Waals surface area contributed by atoms with E-state index in [1.54, 1.807) is 0 Å². The molecule has 98 valence electrons. The number of hydrogen-bond donors (Lipinski definition) is 2. The third kappa shape index (κ3) is 3.55. The van der Waals surface area contributed by atoms with Crippen LogP contribution in [0.25, 0.3) is 0 Å². The van der Waals surface area contributed by atoms with Gasteiger partial charge in [0, 0.05) is 0 Å². The van der Waals surface area contributed by atoms with E-state index in [0.717, 1.165) is 31.6 Å². The zero-order chi connectivity index (χ0) is 13.5. The van der Waals surface area contributed by atoms with Gasteiger partial charge in [0.05, 0.1) is 18.8 Å². The van der Waals surface area contributed by atoms with Crippen LogP contribution in [-0.2, 0) is 0 Å². The Hall–Kier alpha value is -2.35. The Morgan fingerprint density at radius 1 is 1.21 bits per heavy atom. The fourth-order valence-corrected chi connectivity index (χ4v) is 2.06. The van der Waals surface area contributed by atoms with Crippen molar-refractivity contribution in [2.75, 3.05) is 18.5 Å². The maximum atomic E-state index is 9.16. The molecule has 0 unspecified atom stereocenters. The van der Waals surface area contributed by atoms with Crippen LogP contribution in [0, 0.1) is 11.3 Å². The van der Waals surface area contributed by atoms with Crippen molar-refractivity contribution >= 4 is 17.2 Å². The zero-order valence-corrected chi connectivity index (χ0v) is 10.8. The van der Waals surface area contributed by atoms with Gasteiger partial charge < -0.3 is 0 Å². The minimum Gasteiger partial charge on any atom is -0.285 e. The van der Waals surface area contributed by atoms with Crippen LogP contribution in [0.15, 0.2) is 35.4 Å². The average Bonchev–Trinajstić information content (AvgIpc) is 2.49. The standard InChI is InChI=1S/C14H17N5/c15-11-13(14(16)19-9-5-2-6-10-19)18-17-12-7-3-1-4-8-12/h1,3-4,7-8H,2,5-6,9-10H2,(H2,16,17)/p+1. The Kier molecular flexibility index (Phi) is 4.51. The molecular formula is C14H18N5+. The van der Waals surface area contributed by atoms with Crippen LogP contribution in [0.4, 0.5) is 5.69 Å². The molecule has 3 N–H and O–H groups in total. The average molecular weight is 256 g/mol. The first-order chi connectivity index (χ1) is 9.31. The van der Waals surface area contributed by atoms with Crippen molar-refractivity contribution in [1.82, 2.24) is 0 Å². The second kappa shape index (κ2) is 6.55. The molecule has 2 rings (SSSR count). The molecule has 0 radical (unpaired) electrons. The lowest BCUT2D eigenvalue weighted by atomic mass is 10.1. The Balaban J connectivity index is 2.13. The molecule has 0 atom stereocenters. The van der Waals surface area contributed by atoms with E-state index in [1.807, 2.05) is 34.9 Å². The van der Waals surface area contributed by atoms with Gasteiger partial charge in [0.25, 0.3) is 0 Å². The van der Waals surface area contributed by atoms with Gasteiger partial charge in [-0.05, 0) is 31.4 Å². The molecule has 0 aliphatic carbocycles. The van der Waals surface area contributed by atoms with E-state index in [4.69, 9.17) is 11.0 Å². The van der Waals surface area contributed by atoms with Gasteiger partial charge in [-0.2, -0.15) is 10.4 Å². The molecule has 1 aromatic carbocycles. The van der Waals surface area contributed by atoms with Crippen LogP contribution in [0.1, 0.15) is 19.3 Å². The molecule has 1 aromatic rings. The zero-order valence-electron chi connectivity index (χ0n) is 10.8. The summed E-state index contributed by atoms with van der Waals surface area (Å²) in [6.45, 7) is 1.80. The van der Waals surface area contributed by atoms with Gasteiger partial charge in [0.15, 0.2) is 0 Å². The third-order valence-corrected chi connectivity index (χ3v) is 3.12. The van der Waals surface area contributed by atoms with E-state index >= 15 is 0 Å². The predicted molar refractivity (Wildman–Crippen MR) is 76.2 cm³/mol. The van der Waals surface area contributed by atoms with Crippen molar-refractivity contribution in [3.8, 4) is 6.07 Å². The lowest BCUT2D eigenvalue weighted by molar-refractivity contribution is -0.536. The summed E-state index contributed by atoms with van der Waals surface area (Å²) in [6.07, 6.45) is 3.46. The van der Waals surface area contributed by atoms with E-state index in [0.29, 0.717) is 5.84 Å². The van der Waals surface area contributed by atoms with Gasteiger partial charge in [-0.15, -0.1) is 0 Å². The Bertz CT molecular complexity index is 517. The number of piperidine rings is 1. The summed E-state index contributed by atoms with van der Waals surface area (Å²) in [5.41, 5.74) is 9.95. The molecule has 0 spiro atoms. The Morgan fingerprint density at radius 3 is 2.53 bits per heavy atom. The van der Waals surface area contributed by atoms with E-state index in [9.17, 15) is 0 Å². The number of amidine groups is 1. The van der Waals surface area contributed by atoms with E-state index in [2.05, 4.69) is 16.6 Å². The molecule has 0 saturated carbocycles. The fraction of sp³-hybridized carbons (Fsp3) is 0.357. The minimum absolute atomic E-state index is 0.241. The fourth-order valence-electron chi connectivity index (χ4n) is 2.06. The molecule has 0 aromatic heterocycles. The largest absolute Gasteiger partial charge is 0.306 e. The molecular weight excluding hydrogens is 238 g/mol. The second-order valence-corrected chi connectivity index (χ2v) is 4.48. The van der Waals surface area contributed by atoms with Crippen LogP contribution in [0.2, 0.25) is 0 Å². The number of anilines is 1. The molecule has 1 heterocycles. The first-order valence-electron chi connectivity index (χ1n) is 6.48. The van der Waals surface area contributed by atoms with Crippen LogP contribution >= 0.6 is 0 Å². The molecule has 5 heteroatoms. The Morgan fingerprint density at radius 2 is 1.89 bits per heavy atom. The summed E-state index contributed by atoms with van der Waals surface area (Å²) in [5, 5.41) is 13.2. The van der Waals surface area contributed by atoms with Crippen molar-refractivity contribution < 1.29 is 4.58 Å². The maximum Gasteiger partial charge on any atom is 0.306 e. The SMILES string of the molecule is N#C/C(=N/Nc1ccccc1)C(N)=[N+]1CCCCC1. The van der Waals surface area contributed by atoms with E-state index in [-0.39, 0.29) is 5.71 Å². The molecule has 1 aliphatic rings. The molecule has 5 nitrogen and oxygen atoms in total. The predicted octanol–water partition coefficient (Wildman–Crippen LogP) is 1.53. The minimum atomic E-state index is 0.241. The van der Waals surface area contributed by atoms with Crippen LogP contribution in [-0.4, -0.2) is 29.2 Å². The van der Waals surface area contributed by atoms with Gasteiger partial charge in [-0.25, -0.2) is 0 Å². The molecule has 1 saturated heterocycles. The first-order valence-corrected chi connectivity index (χ1v) is 6.48. The molecule has 1 fully saturated rings. The first kappa shape index (κ1) is 13.1. The molecule has 0 amide bonds. The number of nitrogens with zero attached hydrogens (tertiary/aromatic N) is 3. The monoisotopic (exact) mass is 256 g/mol. The number of rotatable bonds is 3. The van der Waals surface area contributed by atoms with Gasteiger partial charge >= 0.3 is 5.84 Å². The van der Waals surface area contributed by atoms with Crippen molar-refractivity contribution in [2.45, 2.75) is 19.3 Å². The lowest BCUT2D eigenvalue weighted by Crippen LogP contribution is -2.38. The number of benzene rings is 1. The van der Waals surface area contributed by atoms with Crippen molar-refractivity contribution in [3.05, 3.63) is 30.3 Å². The van der Waals surface area contributed by atoms with Crippen molar-refractivity contribution in [1.29, 1.82) is 5.26 Å². The lowest BCUT2D eigenvalue weighted by Gasteiger charge is -2.14. The highest BCUT2D eigenvalue weighted by Crippen LogP contribution is 2.06.